The molecule has 1 aromatic heterocycles. The van der Waals surface area contributed by atoms with Gasteiger partial charge in [-0.15, -0.1) is 0 Å². The number of carbonyl (C=O) groups excluding carboxylic acids is 1. The molecule has 0 amide bonds. The summed E-state index contributed by atoms with van der Waals surface area (Å²) in [6.07, 6.45) is 3.94. The molecule has 0 spiro atoms. The first-order valence-electron chi connectivity index (χ1n) is 6.45. The Morgan fingerprint density at radius 2 is 1.84 bits per heavy atom. The normalized spacial score (nSPS) is 16.7. The van der Waals surface area contributed by atoms with Crippen LogP contribution in [0, 0.1) is 5.82 Å². The average Bonchev–Trinajstić information content (AvgIpc) is 2.40. The summed E-state index contributed by atoms with van der Waals surface area (Å²) in [6, 6.07) is 11.8. The maximum absolute atomic E-state index is 14.0. The summed E-state index contributed by atoms with van der Waals surface area (Å²) in [4.78, 5) is 16.8. The third kappa shape index (κ3) is 1.86. The van der Waals surface area contributed by atoms with E-state index in [0.717, 1.165) is 6.42 Å². The zero-order valence-electron chi connectivity index (χ0n) is 10.5. The molecule has 1 fully saturated rings. The second-order valence-corrected chi connectivity index (χ2v) is 4.96. The van der Waals surface area contributed by atoms with Gasteiger partial charge in [-0.05, 0) is 31.0 Å². The Kier molecular flexibility index (Phi) is 2.90. The van der Waals surface area contributed by atoms with E-state index < -0.39 is 5.41 Å². The van der Waals surface area contributed by atoms with Crippen LogP contribution in [-0.4, -0.2) is 10.8 Å². The second-order valence-electron chi connectivity index (χ2n) is 4.96. The molecule has 3 rings (SSSR count). The standard InChI is InChI=1S/C16H14FNO/c17-13-7-2-1-6-12(13)16(9-5-10-16)15(19)14-8-3-4-11-18-14/h1-4,6-8,11H,5,9-10H2. The molecule has 0 atom stereocenters. The molecule has 3 heteroatoms. The Balaban J connectivity index is 2.05. The summed E-state index contributed by atoms with van der Waals surface area (Å²) in [7, 11) is 0. The number of aromatic nitrogens is 1. The SMILES string of the molecule is O=C(c1ccccn1)C1(c2ccccc2F)CCC1. The van der Waals surface area contributed by atoms with Gasteiger partial charge in [-0.3, -0.25) is 9.78 Å². The molecule has 1 aliphatic rings. The van der Waals surface area contributed by atoms with Crippen LogP contribution >= 0.6 is 0 Å². The summed E-state index contributed by atoms with van der Waals surface area (Å²) >= 11 is 0. The molecule has 19 heavy (non-hydrogen) atoms. The number of Topliss-reactive ketones (excluding diaryl/α,β-unsaturated/α-hetero) is 1. The van der Waals surface area contributed by atoms with Crippen molar-refractivity contribution in [3.05, 3.63) is 65.7 Å². The van der Waals surface area contributed by atoms with Crippen LogP contribution in [0.3, 0.4) is 0 Å². The number of rotatable bonds is 3. The molecule has 96 valence electrons. The van der Waals surface area contributed by atoms with Gasteiger partial charge in [-0.2, -0.15) is 0 Å². The average molecular weight is 255 g/mol. The first kappa shape index (κ1) is 12.0. The van der Waals surface area contributed by atoms with Crippen LogP contribution in [0.1, 0.15) is 35.3 Å². The van der Waals surface area contributed by atoms with Gasteiger partial charge in [-0.1, -0.05) is 30.7 Å². The molecule has 0 unspecified atom stereocenters. The van der Waals surface area contributed by atoms with E-state index in [2.05, 4.69) is 4.98 Å². The van der Waals surface area contributed by atoms with E-state index in [4.69, 9.17) is 0 Å². The summed E-state index contributed by atoms with van der Waals surface area (Å²) < 4.78 is 14.0. The molecule has 1 saturated carbocycles. The van der Waals surface area contributed by atoms with Crippen LogP contribution in [0.15, 0.2) is 48.7 Å². The Bertz CT molecular complexity index is 605. The van der Waals surface area contributed by atoms with Gasteiger partial charge in [0.2, 0.25) is 0 Å². The van der Waals surface area contributed by atoms with E-state index in [1.807, 2.05) is 0 Å². The second kappa shape index (κ2) is 4.57. The zero-order chi connectivity index (χ0) is 13.3. The minimum Gasteiger partial charge on any atom is -0.291 e. The highest BCUT2D eigenvalue weighted by Crippen LogP contribution is 2.46. The Morgan fingerprint density at radius 1 is 1.11 bits per heavy atom. The topological polar surface area (TPSA) is 30.0 Å². The molecular weight excluding hydrogens is 241 g/mol. The van der Waals surface area contributed by atoms with E-state index >= 15 is 0 Å². The van der Waals surface area contributed by atoms with Crippen LogP contribution in [0.25, 0.3) is 0 Å². The third-order valence-corrected chi connectivity index (χ3v) is 3.93. The Morgan fingerprint density at radius 3 is 2.42 bits per heavy atom. The first-order valence-corrected chi connectivity index (χ1v) is 6.45. The van der Waals surface area contributed by atoms with E-state index in [1.165, 1.54) is 6.07 Å². The summed E-state index contributed by atoms with van der Waals surface area (Å²) in [5.74, 6) is -0.365. The predicted octanol–water partition coefficient (Wildman–Crippen LogP) is 3.53. The quantitative estimate of drug-likeness (QED) is 0.785. The molecule has 1 aliphatic carbocycles. The zero-order valence-corrected chi connectivity index (χ0v) is 10.5. The third-order valence-electron chi connectivity index (χ3n) is 3.93. The highest BCUT2D eigenvalue weighted by molar-refractivity contribution is 6.03. The molecule has 2 nitrogen and oxygen atoms in total. The molecule has 0 saturated heterocycles. The lowest BCUT2D eigenvalue weighted by Crippen LogP contribution is -2.43. The summed E-state index contributed by atoms with van der Waals surface area (Å²) in [6.45, 7) is 0. The van der Waals surface area contributed by atoms with Crippen molar-refractivity contribution < 1.29 is 9.18 Å². The smallest absolute Gasteiger partial charge is 0.191 e. The van der Waals surface area contributed by atoms with Crippen molar-refractivity contribution >= 4 is 5.78 Å². The lowest BCUT2D eigenvalue weighted by molar-refractivity contribution is 0.0777. The monoisotopic (exact) mass is 255 g/mol. The van der Waals surface area contributed by atoms with Gasteiger partial charge in [0.05, 0.1) is 5.41 Å². The number of benzene rings is 1. The van der Waals surface area contributed by atoms with Crippen molar-refractivity contribution in [2.45, 2.75) is 24.7 Å². The van der Waals surface area contributed by atoms with Crippen LogP contribution in [-0.2, 0) is 5.41 Å². The van der Waals surface area contributed by atoms with Crippen molar-refractivity contribution in [2.75, 3.05) is 0 Å². The van der Waals surface area contributed by atoms with Gasteiger partial charge < -0.3 is 0 Å². The van der Waals surface area contributed by atoms with Crippen LogP contribution in [0.2, 0.25) is 0 Å². The van der Waals surface area contributed by atoms with Crippen molar-refractivity contribution in [2.24, 2.45) is 0 Å². The van der Waals surface area contributed by atoms with Crippen LogP contribution < -0.4 is 0 Å². The van der Waals surface area contributed by atoms with Gasteiger partial charge in [0.1, 0.15) is 11.5 Å². The molecule has 0 aliphatic heterocycles. The fraction of sp³-hybridized carbons (Fsp3) is 0.250. The van der Waals surface area contributed by atoms with E-state index in [-0.39, 0.29) is 11.6 Å². The number of pyridine rings is 1. The number of nitrogens with zero attached hydrogens (tertiary/aromatic N) is 1. The van der Waals surface area contributed by atoms with Gasteiger partial charge in [0, 0.05) is 11.8 Å². The molecule has 1 heterocycles. The van der Waals surface area contributed by atoms with Gasteiger partial charge >= 0.3 is 0 Å². The predicted molar refractivity (Wildman–Crippen MR) is 70.5 cm³/mol. The van der Waals surface area contributed by atoms with Gasteiger partial charge in [-0.25, -0.2) is 4.39 Å². The van der Waals surface area contributed by atoms with E-state index in [9.17, 15) is 9.18 Å². The Hall–Kier alpha value is -2.03. The fourth-order valence-corrected chi connectivity index (χ4v) is 2.74. The number of hydrogen-bond donors (Lipinski definition) is 0. The number of hydrogen-bond acceptors (Lipinski definition) is 2. The van der Waals surface area contributed by atoms with E-state index in [0.29, 0.717) is 24.1 Å². The fourth-order valence-electron chi connectivity index (χ4n) is 2.74. The van der Waals surface area contributed by atoms with Crippen molar-refractivity contribution in [1.29, 1.82) is 0 Å². The molecule has 0 N–H and O–H groups in total. The number of halogens is 1. The lowest BCUT2D eigenvalue weighted by Gasteiger charge is -2.40. The Labute approximate surface area is 111 Å². The van der Waals surface area contributed by atoms with Crippen molar-refractivity contribution in [1.82, 2.24) is 4.98 Å². The van der Waals surface area contributed by atoms with Crippen molar-refractivity contribution in [3.63, 3.8) is 0 Å². The molecular formula is C16H14FNO. The van der Waals surface area contributed by atoms with E-state index in [1.54, 1.807) is 42.6 Å². The lowest BCUT2D eigenvalue weighted by atomic mass is 9.61. The first-order chi connectivity index (χ1) is 9.24. The molecule has 1 aromatic carbocycles. The highest BCUT2D eigenvalue weighted by atomic mass is 19.1. The van der Waals surface area contributed by atoms with Gasteiger partial charge in [0.15, 0.2) is 5.78 Å². The summed E-state index contributed by atoms with van der Waals surface area (Å²) in [5.41, 5.74) is 0.224. The molecule has 0 radical (unpaired) electrons. The van der Waals surface area contributed by atoms with Gasteiger partial charge in [0.25, 0.3) is 0 Å². The largest absolute Gasteiger partial charge is 0.291 e. The minimum atomic E-state index is -0.709. The van der Waals surface area contributed by atoms with Crippen LogP contribution in [0.5, 0.6) is 0 Å². The number of carbonyl (C=O) groups is 1. The maximum atomic E-state index is 14.0. The highest BCUT2D eigenvalue weighted by Gasteiger charge is 2.47. The maximum Gasteiger partial charge on any atom is 0.191 e. The minimum absolute atomic E-state index is 0.0653. The summed E-state index contributed by atoms with van der Waals surface area (Å²) in [5, 5.41) is 0. The number of ketones is 1. The molecule has 0 bridgehead atoms. The molecule has 2 aromatic rings. The van der Waals surface area contributed by atoms with Crippen LogP contribution in [0.4, 0.5) is 4.39 Å². The van der Waals surface area contributed by atoms with Crippen molar-refractivity contribution in [3.8, 4) is 0 Å².